The summed E-state index contributed by atoms with van der Waals surface area (Å²) in [5, 5.41) is 11.5. The molecule has 4 rings (SSSR count). The highest BCUT2D eigenvalue weighted by Crippen LogP contribution is 2.45. The number of hydrogen-bond donors (Lipinski definition) is 2. The number of thiophene rings is 1. The summed E-state index contributed by atoms with van der Waals surface area (Å²) in [4.78, 5) is 26.0. The van der Waals surface area contributed by atoms with Crippen molar-refractivity contribution in [2.75, 3.05) is 23.9 Å². The number of fused-ring (bicyclic) bond motifs is 3. The number of thioether (sulfide) groups is 1. The summed E-state index contributed by atoms with van der Waals surface area (Å²) in [5.74, 6) is -0.0370. The van der Waals surface area contributed by atoms with Gasteiger partial charge < -0.3 is 15.8 Å². The van der Waals surface area contributed by atoms with Crippen molar-refractivity contribution in [2.24, 2.45) is 0 Å². The predicted octanol–water partition coefficient (Wildman–Crippen LogP) is 3.85. The molecule has 0 atom stereocenters. The molecule has 3 N–H and O–H groups in total. The Morgan fingerprint density at radius 3 is 2.83 bits per heavy atom. The van der Waals surface area contributed by atoms with Crippen molar-refractivity contribution >= 4 is 56.4 Å². The minimum atomic E-state index is -0.420. The molecule has 1 aliphatic carbocycles. The van der Waals surface area contributed by atoms with Crippen LogP contribution in [0.15, 0.2) is 28.6 Å². The number of anilines is 2. The summed E-state index contributed by atoms with van der Waals surface area (Å²) < 4.78 is 5.73. The number of nitrogens with one attached hydrogen (secondary N) is 1. The average molecular weight is 447 g/mol. The van der Waals surface area contributed by atoms with E-state index in [1.807, 2.05) is 12.1 Å². The third kappa shape index (κ3) is 4.14. The van der Waals surface area contributed by atoms with E-state index in [1.54, 1.807) is 0 Å². The SMILES string of the molecule is COC(=O)c1c(NC(=O)CCSc2nnc(N)s2)sc2c1CCc1ccccc1-2. The lowest BCUT2D eigenvalue weighted by molar-refractivity contribution is -0.115. The van der Waals surface area contributed by atoms with Crippen LogP contribution in [0.3, 0.4) is 0 Å². The predicted molar refractivity (Wildman–Crippen MR) is 117 cm³/mol. The van der Waals surface area contributed by atoms with Crippen LogP contribution in [-0.2, 0) is 22.4 Å². The second kappa shape index (κ2) is 8.52. The Labute approximate surface area is 179 Å². The zero-order valence-electron chi connectivity index (χ0n) is 15.6. The van der Waals surface area contributed by atoms with E-state index in [1.165, 1.54) is 47.1 Å². The van der Waals surface area contributed by atoms with Gasteiger partial charge in [-0.15, -0.1) is 21.5 Å². The first-order chi connectivity index (χ1) is 14.1. The van der Waals surface area contributed by atoms with Crippen molar-refractivity contribution in [3.05, 3.63) is 41.0 Å². The molecule has 1 aliphatic rings. The number of carbonyl (C=O) groups excluding carboxylic acids is 2. The number of aryl methyl sites for hydroxylation is 1. The monoisotopic (exact) mass is 446 g/mol. The molecular weight excluding hydrogens is 428 g/mol. The van der Waals surface area contributed by atoms with Crippen LogP contribution in [0.25, 0.3) is 10.4 Å². The van der Waals surface area contributed by atoms with Crippen LogP contribution in [0, 0.1) is 0 Å². The molecule has 7 nitrogen and oxygen atoms in total. The van der Waals surface area contributed by atoms with Crippen LogP contribution in [-0.4, -0.2) is 34.9 Å². The minimum Gasteiger partial charge on any atom is -0.465 e. The maximum Gasteiger partial charge on any atom is 0.341 e. The molecule has 1 aromatic carbocycles. The molecule has 0 aliphatic heterocycles. The molecular formula is C19H18N4O3S3. The second-order valence-electron chi connectivity index (χ2n) is 6.32. The summed E-state index contributed by atoms with van der Waals surface area (Å²) in [7, 11) is 1.36. The van der Waals surface area contributed by atoms with Gasteiger partial charge in [0.05, 0.1) is 12.7 Å². The first kappa shape index (κ1) is 19.9. The zero-order valence-corrected chi connectivity index (χ0v) is 18.0. The van der Waals surface area contributed by atoms with E-state index in [0.29, 0.717) is 21.4 Å². The maximum absolute atomic E-state index is 12.5. The molecule has 1 amide bonds. The number of ether oxygens (including phenoxy) is 1. The number of nitrogens with zero attached hydrogens (tertiary/aromatic N) is 2. The number of rotatable bonds is 6. The van der Waals surface area contributed by atoms with Crippen molar-refractivity contribution in [1.82, 2.24) is 10.2 Å². The minimum absolute atomic E-state index is 0.160. The van der Waals surface area contributed by atoms with Crippen LogP contribution in [0.1, 0.15) is 27.9 Å². The fourth-order valence-corrected chi connectivity index (χ4v) is 6.20. The van der Waals surface area contributed by atoms with Crippen molar-refractivity contribution in [2.45, 2.75) is 23.6 Å². The van der Waals surface area contributed by atoms with Crippen molar-refractivity contribution in [3.8, 4) is 10.4 Å². The van der Waals surface area contributed by atoms with Crippen molar-refractivity contribution in [1.29, 1.82) is 0 Å². The molecule has 0 bridgehead atoms. The van der Waals surface area contributed by atoms with Gasteiger partial charge in [-0.05, 0) is 29.5 Å². The molecule has 10 heteroatoms. The van der Waals surface area contributed by atoms with Crippen LogP contribution >= 0.6 is 34.4 Å². The van der Waals surface area contributed by atoms with Crippen molar-refractivity contribution in [3.63, 3.8) is 0 Å². The van der Waals surface area contributed by atoms with E-state index >= 15 is 0 Å². The highest BCUT2D eigenvalue weighted by molar-refractivity contribution is 8.01. The Morgan fingerprint density at radius 2 is 2.07 bits per heavy atom. The number of methoxy groups -OCH3 is 1. The average Bonchev–Trinajstić information content (AvgIpc) is 3.30. The van der Waals surface area contributed by atoms with Crippen LogP contribution < -0.4 is 11.1 Å². The molecule has 29 heavy (non-hydrogen) atoms. The van der Waals surface area contributed by atoms with Gasteiger partial charge in [0.2, 0.25) is 11.0 Å². The molecule has 150 valence electrons. The normalized spacial score (nSPS) is 12.2. The lowest BCUT2D eigenvalue weighted by Gasteiger charge is -2.16. The lowest BCUT2D eigenvalue weighted by atomic mass is 9.89. The Hall–Kier alpha value is -2.43. The molecule has 2 heterocycles. The van der Waals surface area contributed by atoms with E-state index < -0.39 is 5.97 Å². The maximum atomic E-state index is 12.5. The Kier molecular flexibility index (Phi) is 5.84. The van der Waals surface area contributed by atoms with Gasteiger partial charge in [-0.2, -0.15) is 0 Å². The Morgan fingerprint density at radius 1 is 1.24 bits per heavy atom. The highest BCUT2D eigenvalue weighted by Gasteiger charge is 2.29. The van der Waals surface area contributed by atoms with Gasteiger partial charge in [-0.3, -0.25) is 4.79 Å². The topological polar surface area (TPSA) is 107 Å². The summed E-state index contributed by atoms with van der Waals surface area (Å²) in [6.45, 7) is 0. The fourth-order valence-electron chi connectivity index (χ4n) is 3.25. The first-order valence-corrected chi connectivity index (χ1v) is 11.5. The van der Waals surface area contributed by atoms with Crippen LogP contribution in [0.4, 0.5) is 10.1 Å². The molecule has 2 aromatic heterocycles. The number of amides is 1. The number of aromatic nitrogens is 2. The highest BCUT2D eigenvalue weighted by atomic mass is 32.2. The van der Waals surface area contributed by atoms with Gasteiger partial charge in [0.1, 0.15) is 5.00 Å². The van der Waals surface area contributed by atoms with E-state index in [-0.39, 0.29) is 12.3 Å². The molecule has 0 spiro atoms. The van der Waals surface area contributed by atoms with Gasteiger partial charge in [0.15, 0.2) is 4.34 Å². The second-order valence-corrected chi connectivity index (χ2v) is 9.69. The van der Waals surface area contributed by atoms with E-state index in [2.05, 4.69) is 27.6 Å². The summed E-state index contributed by atoms with van der Waals surface area (Å²) in [6, 6.07) is 8.16. The summed E-state index contributed by atoms with van der Waals surface area (Å²) in [6.07, 6.45) is 1.89. The number of nitrogens with two attached hydrogens (primary N) is 1. The summed E-state index contributed by atoms with van der Waals surface area (Å²) in [5.41, 5.74) is 9.36. The number of esters is 1. The summed E-state index contributed by atoms with van der Waals surface area (Å²) >= 11 is 4.15. The molecule has 0 unspecified atom stereocenters. The largest absolute Gasteiger partial charge is 0.465 e. The Bertz CT molecular complexity index is 1080. The number of benzene rings is 1. The quantitative estimate of drug-likeness (QED) is 0.437. The number of hydrogen-bond acceptors (Lipinski definition) is 9. The van der Waals surface area contributed by atoms with Gasteiger partial charge in [-0.25, -0.2) is 4.79 Å². The van der Waals surface area contributed by atoms with E-state index in [0.717, 1.165) is 33.2 Å². The van der Waals surface area contributed by atoms with Gasteiger partial charge in [0, 0.05) is 17.1 Å². The van der Waals surface area contributed by atoms with Gasteiger partial charge in [-0.1, -0.05) is 47.4 Å². The van der Waals surface area contributed by atoms with Gasteiger partial charge in [0.25, 0.3) is 0 Å². The molecule has 0 fully saturated rings. The number of nitrogen functional groups attached to an aromatic ring is 1. The molecule has 0 radical (unpaired) electrons. The molecule has 0 saturated carbocycles. The van der Waals surface area contributed by atoms with E-state index in [9.17, 15) is 9.59 Å². The van der Waals surface area contributed by atoms with Gasteiger partial charge >= 0.3 is 5.97 Å². The smallest absolute Gasteiger partial charge is 0.341 e. The lowest BCUT2D eigenvalue weighted by Crippen LogP contribution is -2.15. The van der Waals surface area contributed by atoms with Crippen LogP contribution in [0.5, 0.6) is 0 Å². The Balaban J connectivity index is 1.53. The van der Waals surface area contributed by atoms with Crippen molar-refractivity contribution < 1.29 is 14.3 Å². The van der Waals surface area contributed by atoms with E-state index in [4.69, 9.17) is 10.5 Å². The standard InChI is InChI=1S/C19H18N4O3S3/c1-26-17(25)14-12-7-6-10-4-2-3-5-11(10)15(12)28-16(14)21-13(24)8-9-27-19-23-22-18(20)29-19/h2-5H,6-9H2,1H3,(H2,20,22)(H,21,24). The zero-order chi connectivity index (χ0) is 20.4. The fraction of sp³-hybridized carbons (Fsp3) is 0.263. The third-order valence-electron chi connectivity index (χ3n) is 4.53. The third-order valence-corrected chi connectivity index (χ3v) is 7.60. The number of carbonyl (C=O) groups is 2. The molecule has 3 aromatic rings. The van der Waals surface area contributed by atoms with Crippen LogP contribution in [0.2, 0.25) is 0 Å². The first-order valence-electron chi connectivity index (χ1n) is 8.90. The molecule has 0 saturated heterocycles.